The number of carbonyl (C=O) groups excluding carboxylic acids is 4. The highest BCUT2D eigenvalue weighted by molar-refractivity contribution is 6.07. The van der Waals surface area contributed by atoms with Crippen molar-refractivity contribution in [2.75, 3.05) is 17.2 Å². The molecule has 1 aromatic heterocycles. The number of furan rings is 1. The molecule has 148 valence electrons. The predicted molar refractivity (Wildman–Crippen MR) is 103 cm³/mol. The molecule has 2 amide bonds. The molecule has 1 heterocycles. The van der Waals surface area contributed by atoms with Crippen LogP contribution in [0.2, 0.25) is 0 Å². The Morgan fingerprint density at radius 2 is 1.61 bits per heavy atom. The summed E-state index contributed by atoms with van der Waals surface area (Å²) in [4.78, 5) is 47.5. The fourth-order valence-corrected chi connectivity index (χ4v) is 2.74. The van der Waals surface area contributed by atoms with Gasteiger partial charge in [-0.25, -0.2) is 4.79 Å². The molecule has 0 spiro atoms. The monoisotopic (exact) mass is 386 g/mol. The second-order valence-electron chi connectivity index (χ2n) is 6.34. The zero-order valence-corrected chi connectivity index (χ0v) is 16.4. The van der Waals surface area contributed by atoms with Crippen molar-refractivity contribution < 1.29 is 28.3 Å². The average Bonchev–Trinajstić information content (AvgIpc) is 2.84. The lowest BCUT2D eigenvalue weighted by Gasteiger charge is -2.12. The van der Waals surface area contributed by atoms with Crippen LogP contribution in [0.4, 0.5) is 11.4 Å². The number of nitrogens with one attached hydrogen (secondary N) is 2. The molecule has 0 radical (unpaired) electrons. The van der Waals surface area contributed by atoms with Crippen LogP contribution in [0.15, 0.2) is 22.6 Å². The summed E-state index contributed by atoms with van der Waals surface area (Å²) in [5.41, 5.74) is 1.76. The summed E-state index contributed by atoms with van der Waals surface area (Å²) in [5.74, 6) is -0.796. The van der Waals surface area contributed by atoms with Gasteiger partial charge in [-0.2, -0.15) is 0 Å². The van der Waals surface area contributed by atoms with Gasteiger partial charge in [-0.3, -0.25) is 14.4 Å². The van der Waals surface area contributed by atoms with Crippen LogP contribution in [0.3, 0.4) is 0 Å². The van der Waals surface area contributed by atoms with Crippen molar-refractivity contribution in [3.63, 3.8) is 0 Å². The SMILES string of the molecule is CC(=O)Nc1ccc(C(=O)COC(=O)c2c(C)oc(C)c2C)c(NC(C)=O)c1. The van der Waals surface area contributed by atoms with Crippen LogP contribution in [0.25, 0.3) is 0 Å². The molecule has 1 aromatic carbocycles. The first-order valence-corrected chi connectivity index (χ1v) is 8.56. The van der Waals surface area contributed by atoms with Crippen molar-refractivity contribution in [2.45, 2.75) is 34.6 Å². The molecule has 0 saturated heterocycles. The van der Waals surface area contributed by atoms with Gasteiger partial charge in [0.25, 0.3) is 0 Å². The lowest BCUT2D eigenvalue weighted by atomic mass is 10.1. The molecule has 0 aliphatic heterocycles. The number of hydrogen-bond donors (Lipinski definition) is 2. The number of ketones is 1. The number of Topliss-reactive ketones (excluding diaryl/α,β-unsaturated/α-hetero) is 1. The minimum Gasteiger partial charge on any atom is -0.465 e. The maximum atomic E-state index is 12.6. The van der Waals surface area contributed by atoms with Crippen LogP contribution >= 0.6 is 0 Å². The summed E-state index contributed by atoms with van der Waals surface area (Å²) in [5, 5.41) is 5.12. The number of aryl methyl sites for hydroxylation is 2. The summed E-state index contributed by atoms with van der Waals surface area (Å²) in [7, 11) is 0. The molecule has 0 bridgehead atoms. The Bertz CT molecular complexity index is 958. The first-order chi connectivity index (χ1) is 13.1. The number of benzene rings is 1. The topological polar surface area (TPSA) is 115 Å². The highest BCUT2D eigenvalue weighted by atomic mass is 16.5. The third-order valence-electron chi connectivity index (χ3n) is 4.05. The van der Waals surface area contributed by atoms with Gasteiger partial charge in [0.1, 0.15) is 17.1 Å². The van der Waals surface area contributed by atoms with E-state index in [-0.39, 0.29) is 23.1 Å². The largest absolute Gasteiger partial charge is 0.465 e. The molecular weight excluding hydrogens is 364 g/mol. The Labute approximate surface area is 162 Å². The minimum atomic E-state index is -0.656. The van der Waals surface area contributed by atoms with E-state index in [1.807, 2.05) is 0 Å². The van der Waals surface area contributed by atoms with Crippen LogP contribution in [-0.2, 0) is 14.3 Å². The van der Waals surface area contributed by atoms with Gasteiger partial charge in [-0.05, 0) is 39.0 Å². The van der Waals surface area contributed by atoms with E-state index in [4.69, 9.17) is 9.15 Å². The van der Waals surface area contributed by atoms with Gasteiger partial charge in [0.15, 0.2) is 6.61 Å². The number of ether oxygens (including phenoxy) is 1. The van der Waals surface area contributed by atoms with E-state index >= 15 is 0 Å². The number of carbonyl (C=O) groups is 4. The average molecular weight is 386 g/mol. The van der Waals surface area contributed by atoms with E-state index in [9.17, 15) is 19.2 Å². The predicted octanol–water partition coefficient (Wildman–Crippen LogP) is 3.16. The minimum absolute atomic E-state index is 0.161. The van der Waals surface area contributed by atoms with Gasteiger partial charge >= 0.3 is 5.97 Å². The molecule has 2 N–H and O–H groups in total. The summed E-state index contributed by atoms with van der Waals surface area (Å²) >= 11 is 0. The fraction of sp³-hybridized carbons (Fsp3) is 0.300. The molecule has 0 unspecified atom stereocenters. The molecule has 2 aromatic rings. The highest BCUT2D eigenvalue weighted by Gasteiger charge is 2.22. The van der Waals surface area contributed by atoms with Crippen molar-refractivity contribution in [1.29, 1.82) is 0 Å². The normalized spacial score (nSPS) is 10.3. The summed E-state index contributed by atoms with van der Waals surface area (Å²) < 4.78 is 10.5. The highest BCUT2D eigenvalue weighted by Crippen LogP contribution is 2.24. The van der Waals surface area contributed by atoms with Crippen molar-refractivity contribution in [2.24, 2.45) is 0 Å². The second-order valence-corrected chi connectivity index (χ2v) is 6.34. The van der Waals surface area contributed by atoms with Gasteiger partial charge < -0.3 is 19.8 Å². The Morgan fingerprint density at radius 3 is 2.14 bits per heavy atom. The van der Waals surface area contributed by atoms with E-state index in [2.05, 4.69) is 10.6 Å². The number of rotatable bonds is 6. The maximum Gasteiger partial charge on any atom is 0.342 e. The van der Waals surface area contributed by atoms with Crippen LogP contribution in [0, 0.1) is 20.8 Å². The Kier molecular flexibility index (Phi) is 6.35. The molecule has 0 atom stereocenters. The van der Waals surface area contributed by atoms with Crippen molar-refractivity contribution in [3.8, 4) is 0 Å². The van der Waals surface area contributed by atoms with Crippen LogP contribution in [0.1, 0.15) is 51.6 Å². The number of anilines is 2. The molecular formula is C20H22N2O6. The summed E-state index contributed by atoms with van der Waals surface area (Å²) in [6.45, 7) is 7.26. The molecule has 0 aliphatic carbocycles. The van der Waals surface area contributed by atoms with Crippen LogP contribution in [0.5, 0.6) is 0 Å². The third-order valence-corrected chi connectivity index (χ3v) is 4.05. The molecule has 0 fully saturated rings. The van der Waals surface area contributed by atoms with Gasteiger partial charge in [0.2, 0.25) is 17.6 Å². The van der Waals surface area contributed by atoms with E-state index in [1.165, 1.54) is 32.0 Å². The second kappa shape index (κ2) is 8.51. The fourth-order valence-electron chi connectivity index (χ4n) is 2.74. The van der Waals surface area contributed by atoms with E-state index in [0.717, 1.165) is 0 Å². The van der Waals surface area contributed by atoms with E-state index < -0.39 is 18.4 Å². The first-order valence-electron chi connectivity index (χ1n) is 8.56. The molecule has 28 heavy (non-hydrogen) atoms. The quantitative estimate of drug-likeness (QED) is 0.582. The standard InChI is InChI=1S/C20H22N2O6/c1-10-11(2)28-12(3)19(10)20(26)27-9-18(25)16-7-6-15(21-13(4)23)8-17(16)22-14(5)24/h6-8H,9H2,1-5H3,(H,21,23)(H,22,24). The molecule has 2 rings (SSSR count). The third kappa shape index (κ3) is 4.85. The van der Waals surface area contributed by atoms with E-state index in [1.54, 1.807) is 20.8 Å². The van der Waals surface area contributed by atoms with Crippen LogP contribution in [-0.4, -0.2) is 30.2 Å². The summed E-state index contributed by atoms with van der Waals surface area (Å²) in [6, 6.07) is 4.44. The van der Waals surface area contributed by atoms with Gasteiger partial charge in [0, 0.05) is 30.7 Å². The molecule has 0 aliphatic rings. The molecule has 8 nitrogen and oxygen atoms in total. The lowest BCUT2D eigenvalue weighted by Crippen LogP contribution is -2.18. The van der Waals surface area contributed by atoms with Crippen molar-refractivity contribution in [3.05, 3.63) is 46.4 Å². The van der Waals surface area contributed by atoms with Crippen molar-refractivity contribution >= 4 is 34.9 Å². The first kappa shape index (κ1) is 20.9. The number of hydrogen-bond acceptors (Lipinski definition) is 6. The number of esters is 1. The molecule has 0 saturated carbocycles. The molecule has 8 heteroatoms. The zero-order chi connectivity index (χ0) is 21.0. The smallest absolute Gasteiger partial charge is 0.342 e. The Hall–Kier alpha value is -3.42. The van der Waals surface area contributed by atoms with Crippen molar-refractivity contribution in [1.82, 2.24) is 0 Å². The maximum absolute atomic E-state index is 12.6. The summed E-state index contributed by atoms with van der Waals surface area (Å²) in [6.07, 6.45) is 0. The van der Waals surface area contributed by atoms with Gasteiger partial charge in [0.05, 0.1) is 5.69 Å². The van der Waals surface area contributed by atoms with E-state index in [0.29, 0.717) is 28.3 Å². The Morgan fingerprint density at radius 1 is 0.964 bits per heavy atom. The van der Waals surface area contributed by atoms with Gasteiger partial charge in [-0.15, -0.1) is 0 Å². The lowest BCUT2D eigenvalue weighted by molar-refractivity contribution is -0.115. The Balaban J connectivity index is 2.19. The van der Waals surface area contributed by atoms with Crippen LogP contribution < -0.4 is 10.6 Å². The zero-order valence-electron chi connectivity index (χ0n) is 16.4. The van der Waals surface area contributed by atoms with Gasteiger partial charge in [-0.1, -0.05) is 0 Å². The number of amides is 2.